The number of ether oxygens (including phenoxy) is 2. The molecule has 0 amide bonds. The molecule has 2 unspecified atom stereocenters. The number of hydrogen-bond donors (Lipinski definition) is 1. The highest BCUT2D eigenvalue weighted by atomic mass is 31.2. The van der Waals surface area contributed by atoms with Crippen LogP contribution in [0.3, 0.4) is 0 Å². The lowest BCUT2D eigenvalue weighted by Crippen LogP contribution is -2.37. The van der Waals surface area contributed by atoms with Crippen molar-refractivity contribution >= 4 is 19.8 Å². The van der Waals surface area contributed by atoms with E-state index < -0.39 is 26.5 Å². The molecule has 0 heterocycles. The molecule has 54 heavy (non-hydrogen) atoms. The third kappa shape index (κ3) is 40.2. The van der Waals surface area contributed by atoms with Gasteiger partial charge in [0.1, 0.15) is 19.8 Å². The summed E-state index contributed by atoms with van der Waals surface area (Å²) in [5.74, 6) is -0.802. The zero-order valence-corrected chi connectivity index (χ0v) is 36.6. The maximum absolute atomic E-state index is 12.7. The third-order valence-electron chi connectivity index (χ3n) is 9.45. The van der Waals surface area contributed by atoms with Crippen molar-refractivity contribution < 1.29 is 42.1 Å². The second kappa shape index (κ2) is 37.1. The third-order valence-corrected chi connectivity index (χ3v) is 10.4. The molecule has 0 aliphatic carbocycles. The van der Waals surface area contributed by atoms with Gasteiger partial charge in [-0.25, -0.2) is 4.57 Å². The summed E-state index contributed by atoms with van der Waals surface area (Å²) in [6.45, 7) is 4.39. The molecule has 1 N–H and O–H groups in total. The summed E-state index contributed by atoms with van der Waals surface area (Å²) >= 11 is 0. The molecule has 0 aliphatic heterocycles. The first-order valence-corrected chi connectivity index (χ1v) is 23.6. The Kier molecular flexibility index (Phi) is 36.1. The minimum Gasteiger partial charge on any atom is -0.462 e. The highest BCUT2D eigenvalue weighted by molar-refractivity contribution is 7.47. The van der Waals surface area contributed by atoms with E-state index >= 15 is 0 Å². The number of nitrogens with zero attached hydrogens (tertiary/aromatic N) is 1. The summed E-state index contributed by atoms with van der Waals surface area (Å²) in [7, 11) is 1.48. The summed E-state index contributed by atoms with van der Waals surface area (Å²) in [6, 6.07) is 0. The molecule has 0 spiro atoms. The van der Waals surface area contributed by atoms with Gasteiger partial charge in [0.2, 0.25) is 0 Å². The number of esters is 2. The lowest BCUT2D eigenvalue weighted by Gasteiger charge is -2.24. The smallest absolute Gasteiger partial charge is 0.462 e. The molecule has 0 aromatic heterocycles. The Morgan fingerprint density at radius 2 is 0.944 bits per heavy atom. The largest absolute Gasteiger partial charge is 0.472 e. The zero-order valence-electron chi connectivity index (χ0n) is 35.7. The number of carbonyl (C=O) groups is 2. The van der Waals surface area contributed by atoms with Gasteiger partial charge < -0.3 is 18.9 Å². The number of hydrogen-bond acceptors (Lipinski definition) is 7. The van der Waals surface area contributed by atoms with Gasteiger partial charge in [0, 0.05) is 12.8 Å². The molecule has 0 aromatic carbocycles. The van der Waals surface area contributed by atoms with Crippen LogP contribution in [0, 0.1) is 0 Å². The van der Waals surface area contributed by atoms with Crippen LogP contribution in [-0.4, -0.2) is 74.9 Å². The quantitative estimate of drug-likeness (QED) is 0.0215. The van der Waals surface area contributed by atoms with Crippen molar-refractivity contribution in [2.24, 2.45) is 0 Å². The summed E-state index contributed by atoms with van der Waals surface area (Å²) in [5, 5.41) is 0. The van der Waals surface area contributed by atoms with E-state index in [0.717, 1.165) is 38.5 Å². The number of allylic oxidation sites excluding steroid dienone is 4. The normalized spacial score (nSPS) is 13.8. The average molecular weight is 787 g/mol. The fourth-order valence-electron chi connectivity index (χ4n) is 5.94. The minimum absolute atomic E-state index is 0.0319. The number of carbonyl (C=O) groups excluding carboxylic acids is 2. The van der Waals surface area contributed by atoms with Crippen molar-refractivity contribution in [3.63, 3.8) is 0 Å². The molecular weight excluding hydrogens is 701 g/mol. The molecule has 0 rings (SSSR count). The Hall–Kier alpha value is -1.51. The van der Waals surface area contributed by atoms with Crippen LogP contribution in [0.1, 0.15) is 194 Å². The molecule has 0 radical (unpaired) electrons. The van der Waals surface area contributed by atoms with Gasteiger partial charge in [0.25, 0.3) is 0 Å². The van der Waals surface area contributed by atoms with E-state index in [1.807, 2.05) is 21.1 Å². The first-order chi connectivity index (χ1) is 26.0. The fraction of sp³-hybridized carbons (Fsp3) is 0.864. The maximum Gasteiger partial charge on any atom is 0.472 e. The molecule has 10 heteroatoms. The minimum atomic E-state index is -4.37. The number of phosphoric ester groups is 1. The summed E-state index contributed by atoms with van der Waals surface area (Å²) < 4.78 is 34.3. The van der Waals surface area contributed by atoms with Gasteiger partial charge in [-0.2, -0.15) is 0 Å². The number of likely N-dealkylation sites (N-methyl/N-ethyl adjacent to an activating group) is 1. The van der Waals surface area contributed by atoms with Crippen LogP contribution in [0.15, 0.2) is 24.3 Å². The van der Waals surface area contributed by atoms with E-state index in [4.69, 9.17) is 18.5 Å². The van der Waals surface area contributed by atoms with Crippen LogP contribution in [0.25, 0.3) is 0 Å². The Bertz CT molecular complexity index is 980. The van der Waals surface area contributed by atoms with Crippen molar-refractivity contribution in [2.75, 3.05) is 47.5 Å². The van der Waals surface area contributed by atoms with Gasteiger partial charge >= 0.3 is 19.8 Å². The van der Waals surface area contributed by atoms with Crippen LogP contribution in [0.5, 0.6) is 0 Å². The van der Waals surface area contributed by atoms with Crippen molar-refractivity contribution in [3.8, 4) is 0 Å². The predicted octanol–water partition coefficient (Wildman–Crippen LogP) is 12.4. The average Bonchev–Trinajstić information content (AvgIpc) is 3.12. The molecule has 0 aliphatic rings. The highest BCUT2D eigenvalue weighted by Gasteiger charge is 2.27. The van der Waals surface area contributed by atoms with Crippen LogP contribution in [0.4, 0.5) is 0 Å². The summed E-state index contributed by atoms with van der Waals surface area (Å²) in [6.07, 6.45) is 39.3. The van der Waals surface area contributed by atoms with Crippen molar-refractivity contribution in [1.29, 1.82) is 0 Å². The number of rotatable bonds is 40. The van der Waals surface area contributed by atoms with Gasteiger partial charge in [-0.1, -0.05) is 141 Å². The molecule has 318 valence electrons. The molecule has 0 bridgehead atoms. The first kappa shape index (κ1) is 52.5. The van der Waals surface area contributed by atoms with Crippen molar-refractivity contribution in [3.05, 3.63) is 24.3 Å². The van der Waals surface area contributed by atoms with Crippen LogP contribution < -0.4 is 0 Å². The van der Waals surface area contributed by atoms with Gasteiger partial charge in [0.15, 0.2) is 6.10 Å². The second-order valence-electron chi connectivity index (χ2n) is 16.1. The fourth-order valence-corrected chi connectivity index (χ4v) is 6.69. The standard InChI is InChI=1S/C44H84NO8P/c1-6-8-10-12-14-16-18-20-22-24-26-28-30-32-34-36-43(46)50-40-42(41-52-54(48,49)51-39-38-45(3,4)5)53-44(47)37-35-33-31-29-27-25-23-21-19-17-15-13-11-9-7-2/h14-17,42H,6-13,18-41H2,1-5H3/p+1/b16-14+,17-15+. The van der Waals surface area contributed by atoms with Gasteiger partial charge in [-0.05, 0) is 64.2 Å². The molecule has 9 nitrogen and oxygen atoms in total. The number of phosphoric acid groups is 1. The topological polar surface area (TPSA) is 108 Å². The molecule has 0 fully saturated rings. The second-order valence-corrected chi connectivity index (χ2v) is 17.5. The molecule has 0 saturated heterocycles. The van der Waals surface area contributed by atoms with Gasteiger partial charge in [-0.3, -0.25) is 18.6 Å². The van der Waals surface area contributed by atoms with Crippen LogP contribution >= 0.6 is 7.82 Å². The number of quaternary nitrogens is 1. The van der Waals surface area contributed by atoms with E-state index in [2.05, 4.69) is 38.2 Å². The first-order valence-electron chi connectivity index (χ1n) is 22.1. The van der Waals surface area contributed by atoms with E-state index in [1.165, 1.54) is 122 Å². The summed E-state index contributed by atoms with van der Waals surface area (Å²) in [5.41, 5.74) is 0. The zero-order chi connectivity index (χ0) is 40.0. The Morgan fingerprint density at radius 1 is 0.556 bits per heavy atom. The lowest BCUT2D eigenvalue weighted by atomic mass is 10.1. The Morgan fingerprint density at radius 3 is 1.37 bits per heavy atom. The highest BCUT2D eigenvalue weighted by Crippen LogP contribution is 2.43. The van der Waals surface area contributed by atoms with E-state index in [1.54, 1.807) is 0 Å². The number of unbranched alkanes of at least 4 members (excludes halogenated alkanes) is 22. The van der Waals surface area contributed by atoms with Crippen molar-refractivity contribution in [2.45, 2.75) is 200 Å². The Balaban J connectivity index is 4.35. The lowest BCUT2D eigenvalue weighted by molar-refractivity contribution is -0.870. The predicted molar refractivity (Wildman–Crippen MR) is 224 cm³/mol. The molecule has 0 aromatic rings. The van der Waals surface area contributed by atoms with Crippen molar-refractivity contribution in [1.82, 2.24) is 0 Å². The van der Waals surface area contributed by atoms with Gasteiger partial charge in [-0.15, -0.1) is 0 Å². The molecular formula is C44H85NO8P+. The van der Waals surface area contributed by atoms with Gasteiger partial charge in [0.05, 0.1) is 27.7 Å². The van der Waals surface area contributed by atoms with E-state index in [9.17, 15) is 19.0 Å². The summed E-state index contributed by atoms with van der Waals surface area (Å²) in [4.78, 5) is 35.3. The maximum atomic E-state index is 12.7. The molecule has 2 atom stereocenters. The van der Waals surface area contributed by atoms with Crippen LogP contribution in [-0.2, 0) is 32.7 Å². The SMILES string of the molecule is CCCCC/C=C/CCCCCCCCCCC(=O)OCC(COP(=O)(O)OCC[N+](C)(C)C)OC(=O)CCCCCCCCCC/C=C/CCCCC. The monoisotopic (exact) mass is 787 g/mol. The van der Waals surface area contributed by atoms with Crippen LogP contribution in [0.2, 0.25) is 0 Å². The van der Waals surface area contributed by atoms with E-state index in [-0.39, 0.29) is 32.0 Å². The Labute approximate surface area is 332 Å². The molecule has 0 saturated carbocycles. The van der Waals surface area contributed by atoms with E-state index in [0.29, 0.717) is 17.4 Å².